The van der Waals surface area contributed by atoms with Gasteiger partial charge in [0.15, 0.2) is 6.79 Å². The number of ether oxygens (including phenoxy) is 2. The van der Waals surface area contributed by atoms with Crippen LogP contribution in [-0.4, -0.2) is 18.7 Å². The predicted octanol–water partition coefficient (Wildman–Crippen LogP) is 3.57. The lowest BCUT2D eigenvalue weighted by Crippen LogP contribution is -2.41. The average molecular weight is 373 g/mol. The molecule has 4 rings (SSSR count). The highest BCUT2D eigenvalue weighted by atomic mass is 35.5. The molecule has 1 amide bonds. The zero-order chi connectivity index (χ0) is 18.3. The van der Waals surface area contributed by atoms with Gasteiger partial charge in [-0.15, -0.1) is 0 Å². The summed E-state index contributed by atoms with van der Waals surface area (Å²) in [5, 5.41) is 0.667. The zero-order valence-electron chi connectivity index (χ0n) is 14.6. The number of halogens is 1. The zero-order valence-corrected chi connectivity index (χ0v) is 15.3. The molecule has 0 bridgehead atoms. The molecule has 26 heavy (non-hydrogen) atoms. The Morgan fingerprint density at radius 3 is 2.96 bits per heavy atom. The van der Waals surface area contributed by atoms with E-state index in [0.29, 0.717) is 24.6 Å². The van der Waals surface area contributed by atoms with Crippen LogP contribution < -0.4 is 15.4 Å². The van der Waals surface area contributed by atoms with Crippen LogP contribution in [0.1, 0.15) is 36.0 Å². The molecule has 2 aliphatic heterocycles. The van der Waals surface area contributed by atoms with E-state index < -0.39 is 0 Å². The lowest BCUT2D eigenvalue weighted by Gasteiger charge is -2.40. The fourth-order valence-electron chi connectivity index (χ4n) is 3.94. The van der Waals surface area contributed by atoms with Crippen molar-refractivity contribution in [1.29, 1.82) is 0 Å². The van der Waals surface area contributed by atoms with E-state index in [1.54, 1.807) is 0 Å². The van der Waals surface area contributed by atoms with Gasteiger partial charge >= 0.3 is 0 Å². The molecule has 136 valence electrons. The van der Waals surface area contributed by atoms with Crippen molar-refractivity contribution < 1.29 is 14.3 Å². The van der Waals surface area contributed by atoms with Crippen molar-refractivity contribution in [3.8, 4) is 5.75 Å². The Labute approximate surface area is 157 Å². The van der Waals surface area contributed by atoms with Gasteiger partial charge in [0.25, 0.3) is 0 Å². The normalized spacial score (nSPS) is 21.5. The molecular weight excluding hydrogens is 352 g/mol. The Bertz CT molecular complexity index is 855. The monoisotopic (exact) mass is 372 g/mol. The van der Waals surface area contributed by atoms with Crippen LogP contribution in [0.15, 0.2) is 36.4 Å². The number of anilines is 1. The molecule has 2 aliphatic rings. The molecule has 0 aromatic heterocycles. The molecule has 2 aromatic rings. The van der Waals surface area contributed by atoms with Crippen molar-refractivity contribution in [2.75, 3.05) is 11.7 Å². The minimum Gasteiger partial charge on any atom is -0.467 e. The van der Waals surface area contributed by atoms with Crippen molar-refractivity contribution in [1.82, 2.24) is 0 Å². The van der Waals surface area contributed by atoms with Crippen LogP contribution in [0.4, 0.5) is 5.69 Å². The highest BCUT2D eigenvalue weighted by Gasteiger charge is 2.33. The Morgan fingerprint density at radius 1 is 1.35 bits per heavy atom. The fraction of sp³-hybridized carbons (Fsp3) is 0.350. The molecule has 2 aromatic carbocycles. The summed E-state index contributed by atoms with van der Waals surface area (Å²) in [6.45, 7) is 3.51. The van der Waals surface area contributed by atoms with Crippen LogP contribution in [0, 0.1) is 0 Å². The first-order chi connectivity index (χ1) is 12.5. The number of primary amides is 1. The molecule has 0 spiro atoms. The number of hydrogen-bond donors (Lipinski definition) is 1. The molecule has 2 N–H and O–H groups in total. The third-order valence-corrected chi connectivity index (χ3v) is 5.38. The Balaban J connectivity index is 1.74. The standard InChI is InChI=1S/C20H21ClN2O3/c1-12-6-17(20(22)24)16-4-2-3-5-18(16)23(12)9-13-7-15(21)8-14-10-25-11-26-19(13)14/h2-5,7-8,12,17H,6,9-11H2,1H3,(H2,22,24)/t12-,17-/m0/s1. The highest BCUT2D eigenvalue weighted by Crippen LogP contribution is 2.41. The van der Waals surface area contributed by atoms with Crippen LogP contribution in [0.3, 0.4) is 0 Å². The van der Waals surface area contributed by atoms with E-state index in [1.165, 1.54) is 0 Å². The lowest BCUT2D eigenvalue weighted by molar-refractivity contribution is -0.119. The van der Waals surface area contributed by atoms with Gasteiger partial charge in [0, 0.05) is 34.4 Å². The minimum atomic E-state index is -0.274. The van der Waals surface area contributed by atoms with Gasteiger partial charge in [-0.05, 0) is 37.1 Å². The van der Waals surface area contributed by atoms with E-state index >= 15 is 0 Å². The maximum atomic E-state index is 11.9. The van der Waals surface area contributed by atoms with Crippen LogP contribution >= 0.6 is 11.6 Å². The topological polar surface area (TPSA) is 64.8 Å². The number of para-hydroxylation sites is 1. The molecule has 2 atom stereocenters. The number of carbonyl (C=O) groups excluding carboxylic acids is 1. The fourth-order valence-corrected chi connectivity index (χ4v) is 4.21. The molecular formula is C20H21ClN2O3. The van der Waals surface area contributed by atoms with E-state index in [4.69, 9.17) is 26.8 Å². The largest absolute Gasteiger partial charge is 0.467 e. The molecule has 2 heterocycles. The van der Waals surface area contributed by atoms with E-state index in [2.05, 4.69) is 11.8 Å². The SMILES string of the molecule is C[C@H]1C[C@H](C(N)=O)c2ccccc2N1Cc1cc(Cl)cc2c1OCOC2. The number of nitrogens with two attached hydrogens (primary N) is 1. The van der Waals surface area contributed by atoms with Gasteiger partial charge in [-0.25, -0.2) is 0 Å². The Kier molecular flexibility index (Phi) is 4.51. The summed E-state index contributed by atoms with van der Waals surface area (Å²) in [5.41, 5.74) is 9.65. The molecule has 5 nitrogen and oxygen atoms in total. The van der Waals surface area contributed by atoms with Crippen LogP contribution in [0.5, 0.6) is 5.75 Å². The second-order valence-electron chi connectivity index (χ2n) is 6.89. The molecule has 6 heteroatoms. The van der Waals surface area contributed by atoms with Crippen LogP contribution in [-0.2, 0) is 22.7 Å². The maximum absolute atomic E-state index is 11.9. The van der Waals surface area contributed by atoms with Gasteiger partial charge in [0.05, 0.1) is 12.5 Å². The van der Waals surface area contributed by atoms with Gasteiger partial charge in [-0.1, -0.05) is 29.8 Å². The predicted molar refractivity (Wildman–Crippen MR) is 100 cm³/mol. The molecule has 0 unspecified atom stereocenters. The van der Waals surface area contributed by atoms with E-state index in [1.807, 2.05) is 36.4 Å². The van der Waals surface area contributed by atoms with E-state index in [-0.39, 0.29) is 24.7 Å². The molecule has 0 radical (unpaired) electrons. The number of hydrogen-bond acceptors (Lipinski definition) is 4. The second-order valence-corrected chi connectivity index (χ2v) is 7.33. The summed E-state index contributed by atoms with van der Waals surface area (Å²) in [5.74, 6) is 0.322. The van der Waals surface area contributed by atoms with Crippen LogP contribution in [0.25, 0.3) is 0 Å². The van der Waals surface area contributed by atoms with Crippen molar-refractivity contribution in [2.45, 2.75) is 38.5 Å². The molecule has 0 saturated heterocycles. The van der Waals surface area contributed by atoms with E-state index in [0.717, 1.165) is 28.1 Å². The Morgan fingerprint density at radius 2 is 2.15 bits per heavy atom. The van der Waals surface area contributed by atoms with Gasteiger partial charge in [-0.3, -0.25) is 4.79 Å². The first kappa shape index (κ1) is 17.2. The van der Waals surface area contributed by atoms with Crippen molar-refractivity contribution in [3.05, 3.63) is 58.1 Å². The quantitative estimate of drug-likeness (QED) is 0.894. The summed E-state index contributed by atoms with van der Waals surface area (Å²) < 4.78 is 11.1. The van der Waals surface area contributed by atoms with Crippen LogP contribution in [0.2, 0.25) is 5.02 Å². The number of amides is 1. The number of nitrogens with zero attached hydrogens (tertiary/aromatic N) is 1. The average Bonchev–Trinajstić information content (AvgIpc) is 2.63. The lowest BCUT2D eigenvalue weighted by atomic mass is 9.85. The summed E-state index contributed by atoms with van der Waals surface area (Å²) in [6.07, 6.45) is 0.694. The second kappa shape index (κ2) is 6.82. The minimum absolute atomic E-state index is 0.164. The molecule has 0 saturated carbocycles. The summed E-state index contributed by atoms with van der Waals surface area (Å²) in [7, 11) is 0. The number of carbonyl (C=O) groups is 1. The van der Waals surface area contributed by atoms with Gasteiger partial charge < -0.3 is 20.1 Å². The first-order valence-electron chi connectivity index (χ1n) is 8.71. The Hall–Kier alpha value is -2.24. The number of fused-ring (bicyclic) bond motifs is 2. The first-order valence-corrected chi connectivity index (χ1v) is 9.09. The molecule has 0 fully saturated rings. The van der Waals surface area contributed by atoms with Gasteiger partial charge in [0.2, 0.25) is 5.91 Å². The van der Waals surface area contributed by atoms with Crippen molar-refractivity contribution in [2.24, 2.45) is 5.73 Å². The maximum Gasteiger partial charge on any atom is 0.225 e. The number of rotatable bonds is 3. The third kappa shape index (κ3) is 3.02. The highest BCUT2D eigenvalue weighted by molar-refractivity contribution is 6.30. The van der Waals surface area contributed by atoms with Crippen molar-refractivity contribution >= 4 is 23.2 Å². The van der Waals surface area contributed by atoms with Crippen molar-refractivity contribution in [3.63, 3.8) is 0 Å². The summed E-state index contributed by atoms with van der Waals surface area (Å²) >= 11 is 6.31. The smallest absolute Gasteiger partial charge is 0.225 e. The third-order valence-electron chi connectivity index (χ3n) is 5.17. The molecule has 0 aliphatic carbocycles. The van der Waals surface area contributed by atoms with Gasteiger partial charge in [-0.2, -0.15) is 0 Å². The summed E-state index contributed by atoms with van der Waals surface area (Å²) in [6, 6.07) is 12.0. The van der Waals surface area contributed by atoms with Gasteiger partial charge in [0.1, 0.15) is 5.75 Å². The van der Waals surface area contributed by atoms with E-state index in [9.17, 15) is 4.79 Å². The summed E-state index contributed by atoms with van der Waals surface area (Å²) in [4.78, 5) is 14.2. The number of benzene rings is 2.